The number of hydrogen-bond donors (Lipinski definition) is 2. The zero-order chi connectivity index (χ0) is 13.7. The highest BCUT2D eigenvalue weighted by atomic mass is 35.5. The van der Waals surface area contributed by atoms with E-state index in [1.807, 2.05) is 12.1 Å². The van der Waals surface area contributed by atoms with Crippen molar-refractivity contribution in [2.75, 3.05) is 6.54 Å². The van der Waals surface area contributed by atoms with E-state index in [0.29, 0.717) is 23.7 Å². The third-order valence-corrected chi connectivity index (χ3v) is 2.83. The molecule has 1 aromatic carbocycles. The number of hydrogen-bond acceptors (Lipinski definition) is 3. The summed E-state index contributed by atoms with van der Waals surface area (Å²) >= 11 is 5.79. The lowest BCUT2D eigenvalue weighted by molar-refractivity contribution is 0.0949. The van der Waals surface area contributed by atoms with Crippen molar-refractivity contribution in [3.05, 3.63) is 58.9 Å². The predicted molar refractivity (Wildman–Crippen MR) is 73.4 cm³/mol. The zero-order valence-electron chi connectivity index (χ0n) is 10.1. The summed E-state index contributed by atoms with van der Waals surface area (Å²) < 4.78 is 0. The van der Waals surface area contributed by atoms with Gasteiger partial charge in [-0.2, -0.15) is 0 Å². The van der Waals surface area contributed by atoms with Crippen LogP contribution in [0.5, 0.6) is 5.75 Å². The Morgan fingerprint density at radius 1 is 1.26 bits per heavy atom. The first-order valence-corrected chi connectivity index (χ1v) is 6.20. The number of pyridine rings is 1. The summed E-state index contributed by atoms with van der Waals surface area (Å²) in [6.07, 6.45) is 2.18. The van der Waals surface area contributed by atoms with Crippen LogP contribution in [0.3, 0.4) is 0 Å². The van der Waals surface area contributed by atoms with E-state index in [9.17, 15) is 4.79 Å². The van der Waals surface area contributed by atoms with Gasteiger partial charge in [-0.3, -0.25) is 9.78 Å². The highest BCUT2D eigenvalue weighted by Crippen LogP contribution is 2.10. The summed E-state index contributed by atoms with van der Waals surface area (Å²) in [5.74, 6) is -0.0165. The van der Waals surface area contributed by atoms with Crippen molar-refractivity contribution in [1.29, 1.82) is 0 Å². The van der Waals surface area contributed by atoms with E-state index in [0.717, 1.165) is 5.56 Å². The van der Waals surface area contributed by atoms with Crippen LogP contribution < -0.4 is 5.32 Å². The molecule has 2 rings (SSSR count). The lowest BCUT2D eigenvalue weighted by Crippen LogP contribution is -2.26. The number of benzene rings is 1. The fourth-order valence-corrected chi connectivity index (χ4v) is 1.76. The average molecular weight is 277 g/mol. The molecular weight excluding hydrogens is 264 g/mol. The highest BCUT2D eigenvalue weighted by molar-refractivity contribution is 6.30. The van der Waals surface area contributed by atoms with Crippen molar-refractivity contribution < 1.29 is 9.90 Å². The molecule has 0 spiro atoms. The Bertz CT molecular complexity index is 570. The Morgan fingerprint density at radius 3 is 2.68 bits per heavy atom. The highest BCUT2D eigenvalue weighted by Gasteiger charge is 2.06. The normalized spacial score (nSPS) is 10.2. The fourth-order valence-electron chi connectivity index (χ4n) is 1.60. The molecule has 0 saturated heterocycles. The zero-order valence-corrected chi connectivity index (χ0v) is 10.9. The van der Waals surface area contributed by atoms with Crippen LogP contribution in [0.25, 0.3) is 0 Å². The Kier molecular flexibility index (Phi) is 4.36. The maximum Gasteiger partial charge on any atom is 0.269 e. The molecule has 98 valence electrons. The summed E-state index contributed by atoms with van der Waals surface area (Å²) in [5, 5.41) is 12.4. The molecule has 0 unspecified atom stereocenters. The lowest BCUT2D eigenvalue weighted by Gasteiger charge is -2.05. The summed E-state index contributed by atoms with van der Waals surface area (Å²) in [4.78, 5) is 15.7. The van der Waals surface area contributed by atoms with Crippen LogP contribution in [0.2, 0.25) is 5.02 Å². The molecule has 5 heteroatoms. The van der Waals surface area contributed by atoms with Crippen LogP contribution in [-0.4, -0.2) is 22.5 Å². The molecular formula is C14H13ClN2O2. The molecule has 19 heavy (non-hydrogen) atoms. The van der Waals surface area contributed by atoms with Gasteiger partial charge in [0.1, 0.15) is 11.4 Å². The molecule has 1 heterocycles. The van der Waals surface area contributed by atoms with Crippen LogP contribution in [0.15, 0.2) is 42.6 Å². The number of carbonyl (C=O) groups excluding carboxylic acids is 1. The van der Waals surface area contributed by atoms with Gasteiger partial charge in [0.15, 0.2) is 0 Å². The number of amides is 1. The topological polar surface area (TPSA) is 62.2 Å². The van der Waals surface area contributed by atoms with E-state index in [1.165, 1.54) is 12.3 Å². The quantitative estimate of drug-likeness (QED) is 0.901. The molecule has 0 aliphatic heterocycles. The van der Waals surface area contributed by atoms with Crippen LogP contribution in [0.1, 0.15) is 16.1 Å². The first-order valence-electron chi connectivity index (χ1n) is 5.83. The van der Waals surface area contributed by atoms with Gasteiger partial charge in [0.05, 0.1) is 0 Å². The number of aromatic nitrogens is 1. The van der Waals surface area contributed by atoms with E-state index < -0.39 is 0 Å². The monoisotopic (exact) mass is 276 g/mol. The maximum atomic E-state index is 11.8. The molecule has 0 atom stereocenters. The largest absolute Gasteiger partial charge is 0.508 e. The molecule has 0 aliphatic rings. The molecule has 1 aromatic heterocycles. The summed E-state index contributed by atoms with van der Waals surface area (Å²) in [7, 11) is 0. The van der Waals surface area contributed by atoms with Crippen molar-refractivity contribution >= 4 is 17.5 Å². The summed E-state index contributed by atoms with van der Waals surface area (Å²) in [6, 6.07) is 10.0. The van der Waals surface area contributed by atoms with Crippen LogP contribution in [0.4, 0.5) is 0 Å². The Hall–Kier alpha value is -2.07. The van der Waals surface area contributed by atoms with E-state index in [2.05, 4.69) is 10.3 Å². The molecule has 2 aromatic rings. The SMILES string of the molecule is O=C(NCCc1ccc(O)cc1)c1cc(Cl)ccn1. The number of phenolic OH excluding ortho intramolecular Hbond substituents is 1. The van der Waals surface area contributed by atoms with Crippen LogP contribution in [-0.2, 0) is 6.42 Å². The van der Waals surface area contributed by atoms with E-state index in [4.69, 9.17) is 16.7 Å². The first kappa shape index (κ1) is 13.4. The van der Waals surface area contributed by atoms with E-state index in [1.54, 1.807) is 18.2 Å². The molecule has 0 aliphatic carbocycles. The van der Waals surface area contributed by atoms with Gasteiger partial charge in [0.2, 0.25) is 0 Å². The predicted octanol–water partition coefficient (Wildman–Crippen LogP) is 2.41. The van der Waals surface area contributed by atoms with Gasteiger partial charge in [-0.15, -0.1) is 0 Å². The molecule has 1 amide bonds. The second kappa shape index (κ2) is 6.20. The molecule has 0 bridgehead atoms. The van der Waals surface area contributed by atoms with Gasteiger partial charge in [-0.05, 0) is 36.2 Å². The number of aromatic hydroxyl groups is 1. The van der Waals surface area contributed by atoms with Crippen molar-refractivity contribution in [2.45, 2.75) is 6.42 Å². The molecule has 0 saturated carbocycles. The lowest BCUT2D eigenvalue weighted by atomic mass is 10.1. The Morgan fingerprint density at radius 2 is 2.00 bits per heavy atom. The summed E-state index contributed by atoms with van der Waals surface area (Å²) in [5.41, 5.74) is 1.34. The third-order valence-electron chi connectivity index (χ3n) is 2.59. The van der Waals surface area contributed by atoms with Gasteiger partial charge in [-0.25, -0.2) is 0 Å². The molecule has 4 nitrogen and oxygen atoms in total. The van der Waals surface area contributed by atoms with Crippen molar-refractivity contribution in [1.82, 2.24) is 10.3 Å². The second-order valence-corrected chi connectivity index (χ2v) is 4.47. The van der Waals surface area contributed by atoms with Crippen LogP contribution in [0, 0.1) is 0 Å². The number of nitrogens with one attached hydrogen (secondary N) is 1. The van der Waals surface area contributed by atoms with Crippen LogP contribution >= 0.6 is 11.6 Å². The Balaban J connectivity index is 1.86. The third kappa shape index (κ3) is 3.96. The molecule has 2 N–H and O–H groups in total. The summed E-state index contributed by atoms with van der Waals surface area (Å²) in [6.45, 7) is 0.498. The van der Waals surface area contributed by atoms with Gasteiger partial charge in [0, 0.05) is 17.8 Å². The van der Waals surface area contributed by atoms with Gasteiger partial charge >= 0.3 is 0 Å². The number of carbonyl (C=O) groups is 1. The van der Waals surface area contributed by atoms with Gasteiger partial charge in [-0.1, -0.05) is 23.7 Å². The smallest absolute Gasteiger partial charge is 0.269 e. The number of phenols is 1. The van der Waals surface area contributed by atoms with E-state index >= 15 is 0 Å². The first-order chi connectivity index (χ1) is 9.15. The van der Waals surface area contributed by atoms with Gasteiger partial charge < -0.3 is 10.4 Å². The van der Waals surface area contributed by atoms with Gasteiger partial charge in [0.25, 0.3) is 5.91 Å². The minimum Gasteiger partial charge on any atom is -0.508 e. The van der Waals surface area contributed by atoms with E-state index in [-0.39, 0.29) is 11.7 Å². The van der Waals surface area contributed by atoms with Crippen molar-refractivity contribution in [3.8, 4) is 5.75 Å². The fraction of sp³-hybridized carbons (Fsp3) is 0.143. The van der Waals surface area contributed by atoms with Crippen molar-refractivity contribution in [2.24, 2.45) is 0 Å². The Labute approximate surface area is 116 Å². The average Bonchev–Trinajstić information content (AvgIpc) is 2.41. The maximum absolute atomic E-state index is 11.8. The standard InChI is InChI=1S/C14H13ClN2O2/c15-11-6-8-16-13(9-11)14(19)17-7-5-10-1-3-12(18)4-2-10/h1-4,6,8-9,18H,5,7H2,(H,17,19). The number of halogens is 1. The number of nitrogens with zero attached hydrogens (tertiary/aromatic N) is 1. The number of rotatable bonds is 4. The second-order valence-electron chi connectivity index (χ2n) is 4.03. The molecule has 0 radical (unpaired) electrons. The minimum absolute atomic E-state index is 0.232. The minimum atomic E-state index is -0.249. The molecule has 0 fully saturated rings. The van der Waals surface area contributed by atoms with Crippen molar-refractivity contribution in [3.63, 3.8) is 0 Å².